The molecule has 7 rings (SSSR count). The minimum atomic E-state index is -4.61. The summed E-state index contributed by atoms with van der Waals surface area (Å²) in [5.74, 6) is -0.907. The number of nitrogens with one attached hydrogen (secondary N) is 1. The van der Waals surface area contributed by atoms with Gasteiger partial charge < -0.3 is 29.5 Å². The molecule has 2 amide bonds. The average Bonchev–Trinajstić information content (AvgIpc) is 3.84. The molecule has 4 aromatic rings. The first-order chi connectivity index (χ1) is 25.3. The highest BCUT2D eigenvalue weighted by molar-refractivity contribution is 6.33. The molecule has 1 saturated heterocycles. The second kappa shape index (κ2) is 14.4. The van der Waals surface area contributed by atoms with Crippen molar-refractivity contribution in [3.63, 3.8) is 0 Å². The summed E-state index contributed by atoms with van der Waals surface area (Å²) in [7, 11) is 0. The molecule has 4 heterocycles. The Labute approximate surface area is 306 Å². The second-order valence-corrected chi connectivity index (χ2v) is 13.7. The maximum Gasteiger partial charge on any atom is 0.416 e. The molecule has 2 fully saturated rings. The van der Waals surface area contributed by atoms with E-state index >= 15 is 0 Å². The number of benzene rings is 1. The molecule has 2 N–H and O–H groups in total. The Balaban J connectivity index is 1.21. The van der Waals surface area contributed by atoms with E-state index in [1.54, 1.807) is 11.5 Å². The minimum Gasteiger partial charge on any atom is -0.504 e. The van der Waals surface area contributed by atoms with Crippen LogP contribution < -0.4 is 15.8 Å². The Bertz CT molecular complexity index is 2170. The van der Waals surface area contributed by atoms with E-state index in [2.05, 4.69) is 20.4 Å². The first kappa shape index (κ1) is 36.3. The van der Waals surface area contributed by atoms with E-state index in [-0.39, 0.29) is 78.1 Å². The maximum absolute atomic E-state index is 14.3. The van der Waals surface area contributed by atoms with Crippen molar-refractivity contribution in [3.05, 3.63) is 74.4 Å². The molecule has 3 aromatic heterocycles. The zero-order valence-corrected chi connectivity index (χ0v) is 29.7. The summed E-state index contributed by atoms with van der Waals surface area (Å²) in [6, 6.07) is 2.66. The van der Waals surface area contributed by atoms with Crippen LogP contribution in [-0.4, -0.2) is 89.3 Å². The number of fused-ring (bicyclic) bond motifs is 1. The number of carbonyl (C=O) groups is 2. The van der Waals surface area contributed by atoms with Crippen molar-refractivity contribution < 1.29 is 32.6 Å². The molecule has 1 saturated carbocycles. The van der Waals surface area contributed by atoms with E-state index in [1.807, 2.05) is 17.9 Å². The van der Waals surface area contributed by atoms with Crippen LogP contribution in [0.2, 0.25) is 5.02 Å². The van der Waals surface area contributed by atoms with Gasteiger partial charge in [-0.3, -0.25) is 14.4 Å². The van der Waals surface area contributed by atoms with Gasteiger partial charge in [0.05, 0.1) is 39.9 Å². The van der Waals surface area contributed by atoms with Crippen molar-refractivity contribution in [1.29, 1.82) is 0 Å². The first-order valence-electron chi connectivity index (χ1n) is 17.4. The lowest BCUT2D eigenvalue weighted by Crippen LogP contribution is -2.51. The fourth-order valence-electron chi connectivity index (χ4n) is 6.71. The fraction of sp³-hybridized carbons (Fsp3) is 0.457. The third kappa shape index (κ3) is 7.44. The Kier molecular flexibility index (Phi) is 9.88. The number of halogens is 4. The molecule has 18 heteroatoms. The number of ether oxygens (including phenoxy) is 1. The van der Waals surface area contributed by atoms with Gasteiger partial charge in [-0.1, -0.05) is 24.6 Å². The van der Waals surface area contributed by atoms with Gasteiger partial charge in [0.25, 0.3) is 11.5 Å². The van der Waals surface area contributed by atoms with Gasteiger partial charge in [0.1, 0.15) is 18.6 Å². The summed E-state index contributed by atoms with van der Waals surface area (Å²) >= 11 is 6.14. The normalized spacial score (nSPS) is 18.0. The van der Waals surface area contributed by atoms with Crippen LogP contribution in [0.3, 0.4) is 0 Å². The van der Waals surface area contributed by atoms with Gasteiger partial charge in [-0.25, -0.2) is 9.97 Å². The van der Waals surface area contributed by atoms with Crippen LogP contribution in [0.5, 0.6) is 5.75 Å². The number of carbonyl (C=O) groups excluding carboxylic acids is 2. The highest BCUT2D eigenvalue weighted by Crippen LogP contribution is 2.35. The lowest BCUT2D eigenvalue weighted by Gasteiger charge is -2.36. The number of aromatic hydroxyl groups is 1. The van der Waals surface area contributed by atoms with Crippen molar-refractivity contribution in [1.82, 2.24) is 34.0 Å². The Hall–Kier alpha value is -5.03. The van der Waals surface area contributed by atoms with Gasteiger partial charge in [0.2, 0.25) is 11.7 Å². The maximum atomic E-state index is 14.3. The number of hydrogen-bond donors (Lipinski definition) is 2. The summed E-state index contributed by atoms with van der Waals surface area (Å²) in [6.07, 6.45) is 3.60. The van der Waals surface area contributed by atoms with Gasteiger partial charge in [0.15, 0.2) is 17.3 Å². The van der Waals surface area contributed by atoms with Gasteiger partial charge in [-0.05, 0) is 69.2 Å². The molecule has 280 valence electrons. The largest absolute Gasteiger partial charge is 0.504 e. The molecular formula is C35H37ClF3N9O5. The van der Waals surface area contributed by atoms with E-state index in [4.69, 9.17) is 21.3 Å². The number of anilines is 2. The topological polar surface area (TPSA) is 160 Å². The van der Waals surface area contributed by atoms with Crippen LogP contribution in [0, 0.1) is 6.92 Å². The van der Waals surface area contributed by atoms with Crippen LogP contribution in [-0.2, 0) is 28.7 Å². The van der Waals surface area contributed by atoms with Crippen LogP contribution in [0.1, 0.15) is 72.3 Å². The molecule has 1 aromatic carbocycles. The summed E-state index contributed by atoms with van der Waals surface area (Å²) in [6.45, 7) is 3.92. The number of hydrogen-bond acceptors (Lipinski definition) is 10. The molecule has 53 heavy (non-hydrogen) atoms. The predicted molar refractivity (Wildman–Crippen MR) is 188 cm³/mol. The molecule has 1 unspecified atom stereocenters. The van der Waals surface area contributed by atoms with Crippen molar-refractivity contribution in [3.8, 4) is 5.75 Å². The lowest BCUT2D eigenvalue weighted by atomic mass is 9.96. The molecule has 3 aliphatic rings. The zero-order chi connectivity index (χ0) is 37.6. The number of rotatable bonds is 9. The number of alkyl halides is 3. The van der Waals surface area contributed by atoms with E-state index in [1.165, 1.54) is 15.7 Å². The van der Waals surface area contributed by atoms with Crippen molar-refractivity contribution in [2.24, 2.45) is 0 Å². The van der Waals surface area contributed by atoms with Gasteiger partial charge in [0, 0.05) is 26.2 Å². The quantitative estimate of drug-likeness (QED) is 0.246. The first-order valence-corrected chi connectivity index (χ1v) is 17.8. The number of piperazine rings is 1. The average molecular weight is 756 g/mol. The lowest BCUT2D eigenvalue weighted by molar-refractivity contribution is -0.137. The van der Waals surface area contributed by atoms with E-state index in [0.29, 0.717) is 36.9 Å². The fourth-order valence-corrected chi connectivity index (χ4v) is 6.94. The third-order valence-electron chi connectivity index (χ3n) is 9.68. The van der Waals surface area contributed by atoms with Crippen LogP contribution >= 0.6 is 11.6 Å². The Morgan fingerprint density at radius 3 is 2.49 bits per heavy atom. The van der Waals surface area contributed by atoms with E-state index in [9.17, 15) is 32.7 Å². The molecule has 2 aliphatic carbocycles. The number of allylic oxidation sites excluding steroid dienone is 1. The van der Waals surface area contributed by atoms with Crippen molar-refractivity contribution in [2.75, 3.05) is 36.4 Å². The molecule has 1 aliphatic heterocycles. The SMILES string of the molecule is CCc1c(N2CCN(C(=O)c3ncnc(C)c3O)CC2)c(=O)n2nc(C3=CCC(OC4CC4)CC3)nc2n1CC(=O)Nc1ccc(C(F)(F)F)cc1Cl. The minimum absolute atomic E-state index is 0.0109. The van der Waals surface area contributed by atoms with Gasteiger partial charge >= 0.3 is 6.18 Å². The monoisotopic (exact) mass is 755 g/mol. The number of amides is 2. The zero-order valence-electron chi connectivity index (χ0n) is 29.0. The van der Waals surface area contributed by atoms with Crippen LogP contribution in [0.4, 0.5) is 24.5 Å². The standard InChI is InChI=1S/C35H37ClF3N9O5/c1-3-26-29(45-12-14-46(15-13-45)32(51)28-30(50)19(2)40-18-41-28)33(52)48-34(43-31(44-48)20-4-7-22(8-5-20)53-23-9-10-23)47(26)17-27(49)42-25-11-6-21(16-24(25)36)35(37,38)39/h4,6,11,16,18,22-23,50H,3,5,7-10,12-15,17H2,1-2H3,(H,42,49). The molecule has 0 radical (unpaired) electrons. The third-order valence-corrected chi connectivity index (χ3v) is 10.00. The summed E-state index contributed by atoms with van der Waals surface area (Å²) in [5.41, 5.74) is 0.360. The van der Waals surface area contributed by atoms with Gasteiger partial charge in [-0.15, -0.1) is 5.10 Å². The molecule has 1 atom stereocenters. The predicted octanol–water partition coefficient (Wildman–Crippen LogP) is 4.65. The Morgan fingerprint density at radius 2 is 1.85 bits per heavy atom. The molecule has 0 spiro atoms. The summed E-state index contributed by atoms with van der Waals surface area (Å²) in [4.78, 5) is 57.2. The highest BCUT2D eigenvalue weighted by Gasteiger charge is 2.33. The van der Waals surface area contributed by atoms with Crippen LogP contribution in [0.15, 0.2) is 35.4 Å². The second-order valence-electron chi connectivity index (χ2n) is 13.3. The number of aryl methyl sites for hydroxylation is 1. The van der Waals surface area contributed by atoms with Crippen LogP contribution in [0.25, 0.3) is 11.4 Å². The van der Waals surface area contributed by atoms with Crippen molar-refractivity contribution in [2.45, 2.75) is 77.3 Å². The highest BCUT2D eigenvalue weighted by atomic mass is 35.5. The van der Waals surface area contributed by atoms with E-state index < -0.39 is 29.1 Å². The van der Waals surface area contributed by atoms with Crippen molar-refractivity contribution >= 4 is 46.1 Å². The van der Waals surface area contributed by atoms with E-state index in [0.717, 1.165) is 43.0 Å². The Morgan fingerprint density at radius 1 is 1.09 bits per heavy atom. The summed E-state index contributed by atoms with van der Waals surface area (Å²) in [5, 5.41) is 17.3. The smallest absolute Gasteiger partial charge is 0.416 e. The summed E-state index contributed by atoms with van der Waals surface area (Å²) < 4.78 is 48.6. The molecule has 14 nitrogen and oxygen atoms in total. The molecular weight excluding hydrogens is 719 g/mol. The number of aromatic nitrogens is 6. The number of nitrogens with zero attached hydrogens (tertiary/aromatic N) is 8. The molecule has 0 bridgehead atoms. The van der Waals surface area contributed by atoms with Gasteiger partial charge in [-0.2, -0.15) is 22.7 Å².